The Bertz CT molecular complexity index is 1540. The van der Waals surface area contributed by atoms with E-state index < -0.39 is 21.0 Å². The van der Waals surface area contributed by atoms with E-state index in [0.29, 0.717) is 49.7 Å². The monoisotopic (exact) mass is 552 g/mol. The van der Waals surface area contributed by atoms with Gasteiger partial charge in [-0.2, -0.15) is 18.5 Å². The SMILES string of the molecule is C#CCNC(=O)c1cc(Nc2cc(C3CC3)[nH]n2)nc(N2CCN(C(=O)c3ccc(S(=O)(=O)F)cc3)CC2)n1. The summed E-state index contributed by atoms with van der Waals surface area (Å²) in [7, 11) is -4.84. The first-order chi connectivity index (χ1) is 18.7. The number of benzene rings is 1. The highest BCUT2D eigenvalue weighted by Crippen LogP contribution is 2.39. The molecule has 1 saturated heterocycles. The molecular weight excluding hydrogens is 527 g/mol. The fourth-order valence-electron chi connectivity index (χ4n) is 4.17. The Labute approximate surface area is 224 Å². The van der Waals surface area contributed by atoms with Crippen molar-refractivity contribution in [2.24, 2.45) is 0 Å². The first kappa shape index (κ1) is 26.1. The van der Waals surface area contributed by atoms with Crippen LogP contribution >= 0.6 is 0 Å². The molecule has 0 unspecified atom stereocenters. The molecular formula is C25H25FN8O4S. The molecule has 5 rings (SSSR count). The van der Waals surface area contributed by atoms with Crippen LogP contribution in [0, 0.1) is 12.3 Å². The fourth-order valence-corrected chi connectivity index (χ4v) is 4.63. The molecule has 39 heavy (non-hydrogen) atoms. The van der Waals surface area contributed by atoms with Gasteiger partial charge in [-0.3, -0.25) is 14.7 Å². The number of hydrogen-bond acceptors (Lipinski definition) is 9. The van der Waals surface area contributed by atoms with Crippen LogP contribution in [0.5, 0.6) is 0 Å². The lowest BCUT2D eigenvalue weighted by Gasteiger charge is -2.35. The molecule has 2 aliphatic rings. The molecule has 0 spiro atoms. The zero-order valence-electron chi connectivity index (χ0n) is 20.7. The Kier molecular flexibility index (Phi) is 7.16. The topological polar surface area (TPSA) is 153 Å². The van der Waals surface area contributed by atoms with Gasteiger partial charge < -0.3 is 20.4 Å². The molecule has 1 saturated carbocycles. The van der Waals surface area contributed by atoms with E-state index in [2.05, 4.69) is 36.7 Å². The normalized spacial score (nSPS) is 15.5. The van der Waals surface area contributed by atoms with Crippen LogP contribution in [0.1, 0.15) is 45.3 Å². The van der Waals surface area contributed by atoms with Gasteiger partial charge in [0.25, 0.3) is 11.8 Å². The number of carbonyl (C=O) groups excluding carboxylic acids is 2. The maximum absolute atomic E-state index is 13.2. The number of nitrogens with zero attached hydrogens (tertiary/aromatic N) is 5. The second-order valence-corrected chi connectivity index (χ2v) is 10.5. The van der Waals surface area contributed by atoms with E-state index in [1.807, 2.05) is 11.0 Å². The Morgan fingerprint density at radius 3 is 2.44 bits per heavy atom. The molecule has 3 N–H and O–H groups in total. The standard InChI is InChI=1S/C25H25FN8O4S/c1-2-9-27-23(35)20-15-21(29-22-14-19(31-32-22)16-3-4-16)30-25(28-20)34-12-10-33(11-13-34)24(36)17-5-7-18(8-6-17)39(26,37)38/h1,5-8,14-16H,3-4,9-13H2,(H,27,35)(H2,28,29,30,31,32). The largest absolute Gasteiger partial charge is 0.340 e. The lowest BCUT2D eigenvalue weighted by Crippen LogP contribution is -2.49. The van der Waals surface area contributed by atoms with Crippen molar-refractivity contribution < 1.29 is 21.9 Å². The molecule has 1 aromatic carbocycles. The molecule has 14 heteroatoms. The van der Waals surface area contributed by atoms with Crippen molar-refractivity contribution in [1.29, 1.82) is 0 Å². The van der Waals surface area contributed by atoms with Crippen LogP contribution in [0.25, 0.3) is 0 Å². The number of carbonyl (C=O) groups is 2. The van der Waals surface area contributed by atoms with Crippen molar-refractivity contribution in [3.63, 3.8) is 0 Å². The quantitative estimate of drug-likeness (QED) is 0.280. The Balaban J connectivity index is 1.30. The van der Waals surface area contributed by atoms with Gasteiger partial charge in [0.05, 0.1) is 11.4 Å². The minimum absolute atomic E-state index is 0.0457. The highest BCUT2D eigenvalue weighted by Gasteiger charge is 2.27. The maximum atomic E-state index is 13.2. The molecule has 0 atom stereocenters. The zero-order valence-corrected chi connectivity index (χ0v) is 21.5. The third-order valence-corrected chi connectivity index (χ3v) is 7.24. The van der Waals surface area contributed by atoms with Gasteiger partial charge in [0.2, 0.25) is 5.95 Å². The second kappa shape index (κ2) is 10.7. The van der Waals surface area contributed by atoms with Gasteiger partial charge in [-0.25, -0.2) is 4.98 Å². The van der Waals surface area contributed by atoms with Crippen molar-refractivity contribution in [3.8, 4) is 12.3 Å². The van der Waals surface area contributed by atoms with Crippen LogP contribution < -0.4 is 15.5 Å². The molecule has 2 amide bonds. The Morgan fingerprint density at radius 2 is 1.79 bits per heavy atom. The van der Waals surface area contributed by atoms with Gasteiger partial charge in [0.1, 0.15) is 11.5 Å². The Morgan fingerprint density at radius 1 is 1.08 bits per heavy atom. The van der Waals surface area contributed by atoms with Crippen molar-refractivity contribution in [2.45, 2.75) is 23.7 Å². The van der Waals surface area contributed by atoms with Crippen LogP contribution in [0.4, 0.5) is 21.5 Å². The van der Waals surface area contributed by atoms with Crippen LogP contribution in [0.15, 0.2) is 41.3 Å². The average molecular weight is 553 g/mol. The lowest BCUT2D eigenvalue weighted by molar-refractivity contribution is 0.0746. The number of rotatable bonds is 8. The molecule has 0 bridgehead atoms. The molecule has 2 aromatic heterocycles. The summed E-state index contributed by atoms with van der Waals surface area (Å²) in [5, 5.41) is 13.0. The Hall–Kier alpha value is -4.51. The number of terminal acetylenes is 1. The average Bonchev–Trinajstić information content (AvgIpc) is 3.69. The summed E-state index contributed by atoms with van der Waals surface area (Å²) >= 11 is 0. The number of amides is 2. The van der Waals surface area contributed by atoms with E-state index in [1.54, 1.807) is 4.90 Å². The predicted molar refractivity (Wildman–Crippen MR) is 140 cm³/mol. The summed E-state index contributed by atoms with van der Waals surface area (Å²) in [6.07, 6.45) is 7.51. The third kappa shape index (κ3) is 6.15. The smallest absolute Gasteiger partial charge is 0.332 e. The van der Waals surface area contributed by atoms with Crippen LogP contribution in [-0.4, -0.2) is 78.0 Å². The molecule has 1 aliphatic carbocycles. The van der Waals surface area contributed by atoms with E-state index in [9.17, 15) is 21.9 Å². The first-order valence-electron chi connectivity index (χ1n) is 12.2. The second-order valence-electron chi connectivity index (χ2n) is 9.17. The van der Waals surface area contributed by atoms with E-state index in [4.69, 9.17) is 6.42 Å². The molecule has 3 heterocycles. The summed E-state index contributed by atoms with van der Waals surface area (Å²) in [5.74, 6) is 3.33. The van der Waals surface area contributed by atoms with Crippen LogP contribution in [0.2, 0.25) is 0 Å². The number of hydrogen-bond donors (Lipinski definition) is 3. The van der Waals surface area contributed by atoms with Crippen molar-refractivity contribution in [3.05, 3.63) is 53.3 Å². The summed E-state index contributed by atoms with van der Waals surface area (Å²) < 4.78 is 35.2. The van der Waals surface area contributed by atoms with E-state index >= 15 is 0 Å². The number of aromatic nitrogens is 4. The molecule has 3 aromatic rings. The highest BCUT2D eigenvalue weighted by atomic mass is 32.3. The predicted octanol–water partition coefficient (Wildman–Crippen LogP) is 1.80. The van der Waals surface area contributed by atoms with E-state index in [1.165, 1.54) is 18.2 Å². The lowest BCUT2D eigenvalue weighted by atomic mass is 10.2. The molecule has 1 aliphatic heterocycles. The van der Waals surface area contributed by atoms with Gasteiger partial charge in [-0.15, -0.1) is 10.3 Å². The first-order valence-corrected chi connectivity index (χ1v) is 13.6. The van der Waals surface area contributed by atoms with E-state index in [-0.39, 0.29) is 23.7 Å². The third-order valence-electron chi connectivity index (χ3n) is 6.40. The molecule has 202 valence electrons. The minimum Gasteiger partial charge on any atom is -0.340 e. The maximum Gasteiger partial charge on any atom is 0.332 e. The summed E-state index contributed by atoms with van der Waals surface area (Å²) in [6.45, 7) is 1.46. The number of halogens is 1. The molecule has 2 fully saturated rings. The number of H-pyrrole nitrogens is 1. The van der Waals surface area contributed by atoms with Gasteiger partial charge >= 0.3 is 10.2 Å². The number of anilines is 3. The highest BCUT2D eigenvalue weighted by molar-refractivity contribution is 7.86. The van der Waals surface area contributed by atoms with Crippen LogP contribution in [-0.2, 0) is 10.2 Å². The molecule has 0 radical (unpaired) electrons. The van der Waals surface area contributed by atoms with Crippen molar-refractivity contribution >= 4 is 39.6 Å². The van der Waals surface area contributed by atoms with E-state index in [0.717, 1.165) is 30.7 Å². The number of nitrogens with one attached hydrogen (secondary N) is 3. The van der Waals surface area contributed by atoms with Crippen LogP contribution in [0.3, 0.4) is 0 Å². The molecule has 12 nitrogen and oxygen atoms in total. The number of aromatic amines is 1. The van der Waals surface area contributed by atoms with Gasteiger partial charge in [-0.1, -0.05) is 5.92 Å². The van der Waals surface area contributed by atoms with Gasteiger partial charge in [0.15, 0.2) is 5.82 Å². The number of piperazine rings is 1. The van der Waals surface area contributed by atoms with Gasteiger partial charge in [-0.05, 0) is 37.1 Å². The van der Waals surface area contributed by atoms with Crippen molar-refractivity contribution in [2.75, 3.05) is 42.9 Å². The summed E-state index contributed by atoms with van der Waals surface area (Å²) in [5.41, 5.74) is 1.41. The fraction of sp³-hybridized carbons (Fsp3) is 0.320. The zero-order chi connectivity index (χ0) is 27.6. The summed E-state index contributed by atoms with van der Waals surface area (Å²) in [4.78, 5) is 37.5. The summed E-state index contributed by atoms with van der Waals surface area (Å²) in [6, 6.07) is 8.11. The van der Waals surface area contributed by atoms with Crippen molar-refractivity contribution in [1.82, 2.24) is 30.4 Å². The minimum atomic E-state index is -4.84. The van der Waals surface area contributed by atoms with Gasteiger partial charge in [0, 0.05) is 55.5 Å².